The van der Waals surface area contributed by atoms with E-state index >= 15 is 0 Å². The zero-order chi connectivity index (χ0) is 25.6. The maximum atomic E-state index is 11.6. The number of hydrogen-bond acceptors (Lipinski definition) is 8. The van der Waals surface area contributed by atoms with E-state index in [1.807, 2.05) is 80.6 Å². The van der Waals surface area contributed by atoms with E-state index in [1.165, 1.54) is 0 Å². The number of anilines is 2. The van der Waals surface area contributed by atoms with E-state index in [1.54, 1.807) is 0 Å². The molecule has 2 heterocycles. The average molecular weight is 495 g/mol. The first-order valence-corrected chi connectivity index (χ1v) is 12.1. The van der Waals surface area contributed by atoms with Crippen LogP contribution < -0.4 is 5.32 Å². The van der Waals surface area contributed by atoms with Crippen molar-refractivity contribution in [3.8, 4) is 33.9 Å². The van der Waals surface area contributed by atoms with E-state index in [9.17, 15) is 4.79 Å². The van der Waals surface area contributed by atoms with Crippen LogP contribution >= 0.6 is 0 Å². The molecular weight excluding hydrogens is 468 g/mol. The number of nitrogens with zero attached hydrogens (tertiary/aromatic N) is 3. The quantitative estimate of drug-likeness (QED) is 0.228. The third-order valence-corrected chi connectivity index (χ3v) is 5.90. The lowest BCUT2D eigenvalue weighted by Gasteiger charge is -2.07. The van der Waals surface area contributed by atoms with Gasteiger partial charge in [-0.3, -0.25) is 4.79 Å². The number of carbonyl (C=O) groups excluding carboxylic acids is 1. The molecule has 0 aliphatic rings. The van der Waals surface area contributed by atoms with Crippen molar-refractivity contribution in [1.29, 1.82) is 0 Å². The molecular formula is C29H26N4O4. The van der Waals surface area contributed by atoms with Crippen molar-refractivity contribution in [2.75, 3.05) is 11.9 Å². The highest BCUT2D eigenvalue weighted by Gasteiger charge is 2.18. The zero-order valence-electron chi connectivity index (χ0n) is 20.6. The van der Waals surface area contributed by atoms with Crippen molar-refractivity contribution >= 4 is 17.7 Å². The molecule has 186 valence electrons. The fraction of sp³-hybridized carbons (Fsp3) is 0.172. The minimum atomic E-state index is -0.172. The standard InChI is InChI=1S/C29H26N4O4/c1-3-35-25(34)18-11-20-9-12-21(13-10-20)22-14-16-23(17-15-22)27-26(19(2)33-37-27)30-29-32-31-28(36-29)24-7-5-4-6-8-24/h4-10,12-17H,3,11,18H2,1-2H3,(H,30,32). The SMILES string of the molecule is CCOC(=O)CCc1ccc(-c2ccc(-c3onc(C)c3Nc3nnc(-c4ccccc4)o3)cc2)cc1. The van der Waals surface area contributed by atoms with Gasteiger partial charge in [0.2, 0.25) is 5.89 Å². The van der Waals surface area contributed by atoms with Crippen LogP contribution in [0.15, 0.2) is 87.8 Å². The Balaban J connectivity index is 1.29. The maximum Gasteiger partial charge on any atom is 0.320 e. The molecule has 0 atom stereocenters. The molecule has 0 saturated carbocycles. The lowest BCUT2D eigenvalue weighted by Crippen LogP contribution is -2.05. The fourth-order valence-corrected chi connectivity index (χ4v) is 3.95. The van der Waals surface area contributed by atoms with Crippen molar-refractivity contribution in [3.05, 3.63) is 90.1 Å². The summed E-state index contributed by atoms with van der Waals surface area (Å²) in [6, 6.07) is 26.1. The molecule has 3 aromatic carbocycles. The summed E-state index contributed by atoms with van der Waals surface area (Å²) in [4.78, 5) is 11.6. The normalized spacial score (nSPS) is 10.9. The minimum absolute atomic E-state index is 0.172. The molecule has 0 bridgehead atoms. The van der Waals surface area contributed by atoms with E-state index in [2.05, 4.69) is 32.8 Å². The second-order valence-electron chi connectivity index (χ2n) is 8.45. The highest BCUT2D eigenvalue weighted by Crippen LogP contribution is 2.34. The van der Waals surface area contributed by atoms with Gasteiger partial charge in [0, 0.05) is 17.5 Å². The third-order valence-electron chi connectivity index (χ3n) is 5.90. The molecule has 0 amide bonds. The summed E-state index contributed by atoms with van der Waals surface area (Å²) in [7, 11) is 0. The number of benzene rings is 3. The van der Waals surface area contributed by atoms with Crippen LogP contribution in [0.2, 0.25) is 0 Å². The lowest BCUT2D eigenvalue weighted by atomic mass is 10.0. The van der Waals surface area contributed by atoms with Crippen molar-refractivity contribution < 1.29 is 18.5 Å². The van der Waals surface area contributed by atoms with Crippen molar-refractivity contribution in [1.82, 2.24) is 15.4 Å². The monoisotopic (exact) mass is 494 g/mol. The number of rotatable bonds is 9. The molecule has 0 unspecified atom stereocenters. The van der Waals surface area contributed by atoms with Crippen LogP contribution in [0.5, 0.6) is 0 Å². The highest BCUT2D eigenvalue weighted by atomic mass is 16.5. The van der Waals surface area contributed by atoms with E-state index in [4.69, 9.17) is 13.7 Å². The van der Waals surface area contributed by atoms with Crippen LogP contribution in [0, 0.1) is 6.92 Å². The van der Waals surface area contributed by atoms with Gasteiger partial charge in [-0.05, 0) is 49.1 Å². The average Bonchev–Trinajstić information content (AvgIpc) is 3.56. The van der Waals surface area contributed by atoms with Gasteiger partial charge >= 0.3 is 12.0 Å². The topological polar surface area (TPSA) is 103 Å². The van der Waals surface area contributed by atoms with Gasteiger partial charge in [0.1, 0.15) is 11.4 Å². The van der Waals surface area contributed by atoms with Gasteiger partial charge in [0.15, 0.2) is 5.76 Å². The van der Waals surface area contributed by atoms with Gasteiger partial charge in [0.25, 0.3) is 0 Å². The van der Waals surface area contributed by atoms with Gasteiger partial charge in [-0.15, -0.1) is 5.10 Å². The summed E-state index contributed by atoms with van der Waals surface area (Å²) in [6.07, 6.45) is 1.04. The predicted octanol–water partition coefficient (Wildman–Crippen LogP) is 6.61. The van der Waals surface area contributed by atoms with Crippen molar-refractivity contribution in [3.63, 3.8) is 0 Å². The Labute approximate surface area is 214 Å². The third kappa shape index (κ3) is 5.59. The molecule has 0 fully saturated rings. The van der Waals surface area contributed by atoms with Crippen LogP contribution in [-0.4, -0.2) is 27.9 Å². The van der Waals surface area contributed by atoms with E-state index in [0.29, 0.717) is 42.5 Å². The van der Waals surface area contributed by atoms with Crippen LogP contribution in [0.4, 0.5) is 11.7 Å². The highest BCUT2D eigenvalue weighted by molar-refractivity contribution is 5.78. The first kappa shape index (κ1) is 24.0. The summed E-state index contributed by atoms with van der Waals surface area (Å²) in [5.74, 6) is 0.835. The molecule has 8 heteroatoms. The molecule has 5 aromatic rings. The molecule has 0 aliphatic carbocycles. The number of aryl methyl sites for hydroxylation is 2. The summed E-state index contributed by atoms with van der Waals surface area (Å²) >= 11 is 0. The van der Waals surface area contributed by atoms with Crippen LogP contribution in [-0.2, 0) is 16.0 Å². The summed E-state index contributed by atoms with van der Waals surface area (Å²) < 4.78 is 16.4. The number of carbonyl (C=O) groups is 1. The molecule has 1 N–H and O–H groups in total. The Hall–Kier alpha value is -4.72. The first-order chi connectivity index (χ1) is 18.1. The van der Waals surface area contributed by atoms with Gasteiger partial charge in [-0.2, -0.15) is 0 Å². The molecule has 2 aromatic heterocycles. The minimum Gasteiger partial charge on any atom is -0.466 e. The zero-order valence-corrected chi connectivity index (χ0v) is 20.6. The largest absolute Gasteiger partial charge is 0.466 e. The molecule has 37 heavy (non-hydrogen) atoms. The Morgan fingerprint density at radius 2 is 1.54 bits per heavy atom. The lowest BCUT2D eigenvalue weighted by molar-refractivity contribution is -0.143. The fourth-order valence-electron chi connectivity index (χ4n) is 3.95. The Kier molecular flexibility index (Phi) is 7.07. The molecule has 0 radical (unpaired) electrons. The molecule has 0 spiro atoms. The number of hydrogen-bond donors (Lipinski definition) is 1. The van der Waals surface area contributed by atoms with Gasteiger partial charge < -0.3 is 19.0 Å². The molecule has 8 nitrogen and oxygen atoms in total. The second kappa shape index (κ2) is 10.9. The van der Waals surface area contributed by atoms with E-state index in [0.717, 1.165) is 27.8 Å². The van der Waals surface area contributed by atoms with Crippen LogP contribution in [0.3, 0.4) is 0 Å². The van der Waals surface area contributed by atoms with E-state index < -0.39 is 0 Å². The maximum absolute atomic E-state index is 11.6. The van der Waals surface area contributed by atoms with Gasteiger partial charge in [-0.1, -0.05) is 77.0 Å². The summed E-state index contributed by atoms with van der Waals surface area (Å²) in [5, 5.41) is 15.5. The van der Waals surface area contributed by atoms with Crippen LogP contribution in [0.1, 0.15) is 24.6 Å². The first-order valence-electron chi connectivity index (χ1n) is 12.1. The van der Waals surface area contributed by atoms with Crippen LogP contribution in [0.25, 0.3) is 33.9 Å². The smallest absolute Gasteiger partial charge is 0.320 e. The predicted molar refractivity (Wildman–Crippen MR) is 140 cm³/mol. The van der Waals surface area contributed by atoms with Crippen molar-refractivity contribution in [2.24, 2.45) is 0 Å². The number of aromatic nitrogens is 3. The number of esters is 1. The summed E-state index contributed by atoms with van der Waals surface area (Å²) in [6.45, 7) is 4.07. The number of nitrogens with one attached hydrogen (secondary N) is 1. The van der Waals surface area contributed by atoms with Gasteiger partial charge in [-0.25, -0.2) is 0 Å². The molecule has 0 aliphatic heterocycles. The summed E-state index contributed by atoms with van der Waals surface area (Å²) in [5.41, 5.74) is 6.29. The van der Waals surface area contributed by atoms with Crippen molar-refractivity contribution in [2.45, 2.75) is 26.7 Å². The Bertz CT molecular complexity index is 1470. The van der Waals surface area contributed by atoms with Gasteiger partial charge in [0.05, 0.1) is 6.61 Å². The number of ether oxygens (including phenoxy) is 1. The Morgan fingerprint density at radius 1 is 0.865 bits per heavy atom. The van der Waals surface area contributed by atoms with E-state index in [-0.39, 0.29) is 12.0 Å². The molecule has 0 saturated heterocycles. The Morgan fingerprint density at radius 3 is 2.24 bits per heavy atom. The molecule has 5 rings (SSSR count). The second-order valence-corrected chi connectivity index (χ2v) is 8.45.